The van der Waals surface area contributed by atoms with Crippen molar-refractivity contribution in [3.8, 4) is 0 Å². The molecule has 0 bridgehead atoms. The van der Waals surface area contributed by atoms with Crippen LogP contribution in [-0.4, -0.2) is 30.6 Å². The average molecular weight is 224 g/mol. The molecule has 0 radical (unpaired) electrons. The summed E-state index contributed by atoms with van der Waals surface area (Å²) in [5.41, 5.74) is 1.26. The molecule has 0 aromatic rings. The Labute approximate surface area is 98.9 Å². The lowest BCUT2D eigenvalue weighted by Gasteiger charge is -2.16. The Morgan fingerprint density at radius 2 is 2.06 bits per heavy atom. The Kier molecular flexibility index (Phi) is 5.98. The maximum Gasteiger partial charge on any atom is 0.317 e. The number of urea groups is 1. The molecule has 0 spiro atoms. The van der Waals surface area contributed by atoms with Gasteiger partial charge in [-0.05, 0) is 26.2 Å². The Morgan fingerprint density at radius 3 is 2.69 bits per heavy atom. The summed E-state index contributed by atoms with van der Waals surface area (Å²) in [6.45, 7) is 6.81. The highest BCUT2D eigenvalue weighted by molar-refractivity contribution is 5.74. The van der Waals surface area contributed by atoms with Crippen molar-refractivity contribution in [2.45, 2.75) is 46.0 Å². The number of hydrogen-bond acceptors (Lipinski definition) is 1. The molecule has 1 fully saturated rings. The van der Waals surface area contributed by atoms with Crippen molar-refractivity contribution in [3.05, 3.63) is 11.6 Å². The number of hydrogen-bond donors (Lipinski definition) is 1. The fourth-order valence-corrected chi connectivity index (χ4v) is 1.87. The van der Waals surface area contributed by atoms with Crippen molar-refractivity contribution < 1.29 is 4.79 Å². The first-order valence-corrected chi connectivity index (χ1v) is 6.42. The van der Waals surface area contributed by atoms with Crippen LogP contribution >= 0.6 is 0 Å². The van der Waals surface area contributed by atoms with Crippen LogP contribution in [-0.2, 0) is 0 Å². The van der Waals surface area contributed by atoms with Crippen LogP contribution in [0.25, 0.3) is 0 Å². The maximum atomic E-state index is 11.7. The Hall–Kier alpha value is -0.990. The van der Waals surface area contributed by atoms with E-state index in [2.05, 4.69) is 25.2 Å². The van der Waals surface area contributed by atoms with Gasteiger partial charge in [0.05, 0.1) is 0 Å². The largest absolute Gasteiger partial charge is 0.334 e. The lowest BCUT2D eigenvalue weighted by atomic mass is 10.2. The van der Waals surface area contributed by atoms with Gasteiger partial charge < -0.3 is 10.2 Å². The molecule has 1 aliphatic rings. The minimum absolute atomic E-state index is 0.0979. The molecule has 1 rings (SSSR count). The van der Waals surface area contributed by atoms with Crippen molar-refractivity contribution in [1.82, 2.24) is 10.2 Å². The van der Waals surface area contributed by atoms with E-state index in [0.717, 1.165) is 32.4 Å². The van der Waals surface area contributed by atoms with Gasteiger partial charge in [0.1, 0.15) is 0 Å². The number of carbonyl (C=O) groups is 1. The summed E-state index contributed by atoms with van der Waals surface area (Å²) in [5, 5.41) is 2.97. The number of carbonyl (C=O) groups excluding carboxylic acids is 1. The smallest absolute Gasteiger partial charge is 0.317 e. The first kappa shape index (κ1) is 13.1. The second-order valence-electron chi connectivity index (χ2n) is 4.55. The molecule has 0 unspecified atom stereocenters. The van der Waals surface area contributed by atoms with E-state index in [-0.39, 0.29) is 6.03 Å². The standard InChI is InChI=1S/C13H24N2O/c1-3-4-5-8-12(2)11-14-13(16)15-9-6-7-10-15/h8H,3-7,9-11H2,1-2H3,(H,14,16)/b12-8+. The summed E-state index contributed by atoms with van der Waals surface area (Å²) in [5.74, 6) is 0. The van der Waals surface area contributed by atoms with Gasteiger partial charge in [-0.1, -0.05) is 31.4 Å². The van der Waals surface area contributed by atoms with E-state index in [1.165, 1.54) is 18.4 Å². The monoisotopic (exact) mass is 224 g/mol. The summed E-state index contributed by atoms with van der Waals surface area (Å²) in [4.78, 5) is 13.6. The zero-order valence-electron chi connectivity index (χ0n) is 10.6. The molecule has 3 heteroatoms. The van der Waals surface area contributed by atoms with Gasteiger partial charge >= 0.3 is 6.03 Å². The minimum Gasteiger partial charge on any atom is -0.334 e. The number of rotatable bonds is 5. The Balaban J connectivity index is 2.17. The summed E-state index contributed by atoms with van der Waals surface area (Å²) in [6.07, 6.45) is 8.12. The first-order chi connectivity index (χ1) is 7.74. The van der Waals surface area contributed by atoms with Gasteiger partial charge in [-0.15, -0.1) is 0 Å². The van der Waals surface area contributed by atoms with Crippen LogP contribution in [0.3, 0.4) is 0 Å². The van der Waals surface area contributed by atoms with Gasteiger partial charge in [0.15, 0.2) is 0 Å². The molecule has 0 saturated carbocycles. The SMILES string of the molecule is CCCC/C=C(\C)CNC(=O)N1CCCC1. The zero-order valence-corrected chi connectivity index (χ0v) is 10.6. The van der Waals surface area contributed by atoms with Crippen molar-refractivity contribution in [1.29, 1.82) is 0 Å². The van der Waals surface area contributed by atoms with Crippen LogP contribution in [0.4, 0.5) is 4.79 Å². The van der Waals surface area contributed by atoms with Gasteiger partial charge in [0.25, 0.3) is 0 Å². The molecule has 16 heavy (non-hydrogen) atoms. The van der Waals surface area contributed by atoms with Crippen molar-refractivity contribution >= 4 is 6.03 Å². The summed E-state index contributed by atoms with van der Waals surface area (Å²) in [7, 11) is 0. The van der Waals surface area contributed by atoms with E-state index in [1.807, 2.05) is 4.90 Å². The number of amides is 2. The second-order valence-corrected chi connectivity index (χ2v) is 4.55. The molecule has 0 aliphatic carbocycles. The van der Waals surface area contributed by atoms with Crippen LogP contribution in [0.2, 0.25) is 0 Å². The third-order valence-corrected chi connectivity index (χ3v) is 2.96. The van der Waals surface area contributed by atoms with Gasteiger partial charge in [-0.2, -0.15) is 0 Å². The van der Waals surface area contributed by atoms with Crippen molar-refractivity contribution in [2.75, 3.05) is 19.6 Å². The van der Waals surface area contributed by atoms with Crippen LogP contribution in [0, 0.1) is 0 Å². The quantitative estimate of drug-likeness (QED) is 0.565. The van der Waals surface area contributed by atoms with E-state index in [4.69, 9.17) is 0 Å². The zero-order chi connectivity index (χ0) is 11.8. The van der Waals surface area contributed by atoms with Crippen molar-refractivity contribution in [3.63, 3.8) is 0 Å². The Bertz CT molecular complexity index is 242. The fraction of sp³-hybridized carbons (Fsp3) is 0.769. The lowest BCUT2D eigenvalue weighted by Crippen LogP contribution is -2.38. The number of likely N-dealkylation sites (tertiary alicyclic amines) is 1. The van der Waals surface area contributed by atoms with Crippen molar-refractivity contribution in [2.24, 2.45) is 0 Å². The predicted molar refractivity (Wildman–Crippen MR) is 67.5 cm³/mol. The van der Waals surface area contributed by atoms with Crippen LogP contribution in [0.15, 0.2) is 11.6 Å². The van der Waals surface area contributed by atoms with Crippen LogP contribution in [0.1, 0.15) is 46.0 Å². The fourth-order valence-electron chi connectivity index (χ4n) is 1.87. The van der Waals surface area contributed by atoms with Crippen LogP contribution in [0.5, 0.6) is 0 Å². The van der Waals surface area contributed by atoms with E-state index < -0.39 is 0 Å². The normalized spacial score (nSPS) is 16.6. The molecule has 3 nitrogen and oxygen atoms in total. The molecular formula is C13H24N2O. The Morgan fingerprint density at radius 1 is 1.38 bits per heavy atom. The highest BCUT2D eigenvalue weighted by Crippen LogP contribution is 2.07. The molecule has 0 aromatic carbocycles. The summed E-state index contributed by atoms with van der Waals surface area (Å²) < 4.78 is 0. The summed E-state index contributed by atoms with van der Waals surface area (Å²) >= 11 is 0. The third kappa shape index (κ3) is 4.69. The topological polar surface area (TPSA) is 32.3 Å². The maximum absolute atomic E-state index is 11.7. The molecular weight excluding hydrogens is 200 g/mol. The van der Waals surface area contributed by atoms with Gasteiger partial charge in [0.2, 0.25) is 0 Å². The first-order valence-electron chi connectivity index (χ1n) is 6.42. The number of nitrogens with one attached hydrogen (secondary N) is 1. The third-order valence-electron chi connectivity index (χ3n) is 2.96. The average Bonchev–Trinajstić information content (AvgIpc) is 2.79. The van der Waals surface area contributed by atoms with Gasteiger partial charge in [-0.25, -0.2) is 4.79 Å². The molecule has 1 N–H and O–H groups in total. The number of unbranched alkanes of at least 4 members (excludes halogenated alkanes) is 2. The highest BCUT2D eigenvalue weighted by atomic mass is 16.2. The predicted octanol–water partition coefficient (Wildman–Crippen LogP) is 2.93. The molecule has 1 heterocycles. The number of nitrogens with zero attached hydrogens (tertiary/aromatic N) is 1. The molecule has 2 amide bonds. The highest BCUT2D eigenvalue weighted by Gasteiger charge is 2.16. The minimum atomic E-state index is 0.0979. The summed E-state index contributed by atoms with van der Waals surface area (Å²) in [6, 6.07) is 0.0979. The van der Waals surface area contributed by atoms with Gasteiger partial charge in [0, 0.05) is 19.6 Å². The van der Waals surface area contributed by atoms with Crippen LogP contribution < -0.4 is 5.32 Å². The van der Waals surface area contributed by atoms with E-state index >= 15 is 0 Å². The number of allylic oxidation sites excluding steroid dienone is 1. The molecule has 1 saturated heterocycles. The second kappa shape index (κ2) is 7.31. The molecule has 0 aromatic heterocycles. The van der Waals surface area contributed by atoms with E-state index in [9.17, 15) is 4.79 Å². The molecule has 0 atom stereocenters. The van der Waals surface area contributed by atoms with E-state index in [1.54, 1.807) is 0 Å². The molecule has 1 aliphatic heterocycles. The van der Waals surface area contributed by atoms with Gasteiger partial charge in [-0.3, -0.25) is 0 Å². The lowest BCUT2D eigenvalue weighted by molar-refractivity contribution is 0.210. The molecule has 92 valence electrons. The van der Waals surface area contributed by atoms with E-state index in [0.29, 0.717) is 6.54 Å².